The lowest BCUT2D eigenvalue weighted by Crippen LogP contribution is -2.49. The van der Waals surface area contributed by atoms with Gasteiger partial charge in [0.15, 0.2) is 0 Å². The molecule has 0 saturated carbocycles. The molecule has 0 spiro atoms. The fraction of sp³-hybridized carbons (Fsp3) is 0.417. The van der Waals surface area contributed by atoms with Crippen molar-refractivity contribution in [2.75, 3.05) is 18.8 Å². The number of hydrogen-bond acceptors (Lipinski definition) is 3. The number of carbonyl (C=O) groups is 2. The molecule has 0 fully saturated rings. The Bertz CT molecular complexity index is 762. The molecule has 0 aliphatic heterocycles. The molecule has 0 aliphatic rings. The minimum absolute atomic E-state index is 0.0113. The maximum Gasteiger partial charge on any atom is 0.242 e. The quantitative estimate of drug-likeness (QED) is 0.601. The Hall–Kier alpha value is -2.27. The molecule has 1 N–H and O–H groups in total. The number of carbonyl (C=O) groups excluding carboxylic acids is 2. The number of rotatable bonds is 11. The van der Waals surface area contributed by atoms with E-state index in [0.29, 0.717) is 18.8 Å². The predicted molar refractivity (Wildman–Crippen MR) is 122 cm³/mol. The second-order valence-electron chi connectivity index (χ2n) is 7.27. The first-order valence-electron chi connectivity index (χ1n) is 10.3. The summed E-state index contributed by atoms with van der Waals surface area (Å²) in [5.41, 5.74) is 3.60. The topological polar surface area (TPSA) is 49.4 Å². The molecule has 156 valence electrons. The van der Waals surface area contributed by atoms with Crippen molar-refractivity contribution in [3.63, 3.8) is 0 Å². The van der Waals surface area contributed by atoms with Gasteiger partial charge in [0.25, 0.3) is 0 Å². The Morgan fingerprint density at radius 3 is 2.38 bits per heavy atom. The zero-order valence-corrected chi connectivity index (χ0v) is 18.5. The minimum Gasteiger partial charge on any atom is -0.354 e. The van der Waals surface area contributed by atoms with Crippen LogP contribution in [-0.4, -0.2) is 41.6 Å². The summed E-state index contributed by atoms with van der Waals surface area (Å²) in [5, 5.41) is 2.91. The summed E-state index contributed by atoms with van der Waals surface area (Å²) < 4.78 is 0. The number of aryl methyl sites for hydroxylation is 1. The molecule has 1 atom stereocenters. The average Bonchev–Trinajstić information content (AvgIpc) is 2.74. The summed E-state index contributed by atoms with van der Waals surface area (Å²) in [6, 6.07) is 18.0. The van der Waals surface area contributed by atoms with E-state index in [0.717, 1.165) is 18.6 Å². The monoisotopic (exact) mass is 412 g/mol. The normalized spacial score (nSPS) is 11.7. The Kier molecular flexibility index (Phi) is 9.78. The fourth-order valence-corrected chi connectivity index (χ4v) is 3.86. The van der Waals surface area contributed by atoms with Gasteiger partial charge in [-0.1, -0.05) is 67.1 Å². The molecule has 0 aromatic heterocycles. The lowest BCUT2D eigenvalue weighted by Gasteiger charge is -2.28. The van der Waals surface area contributed by atoms with Crippen LogP contribution in [-0.2, 0) is 21.8 Å². The molecule has 29 heavy (non-hydrogen) atoms. The number of hydrogen-bond donors (Lipinski definition) is 1. The standard InChI is InChI=1S/C24H32N2O2S/c1-4-15-25-24(28)20(3)26(16-14-21-8-6-5-7-9-21)23(27)18-29-17-22-12-10-19(2)11-13-22/h5-13,20H,4,14-18H2,1-3H3,(H,25,28)/t20-/m1/s1. The van der Waals surface area contributed by atoms with Crippen molar-refractivity contribution < 1.29 is 9.59 Å². The zero-order valence-electron chi connectivity index (χ0n) is 17.7. The molecule has 2 aromatic rings. The van der Waals surface area contributed by atoms with Crippen LogP contribution in [0.3, 0.4) is 0 Å². The van der Waals surface area contributed by atoms with E-state index in [9.17, 15) is 9.59 Å². The zero-order chi connectivity index (χ0) is 21.1. The minimum atomic E-state index is -0.474. The van der Waals surface area contributed by atoms with Gasteiger partial charge in [0.05, 0.1) is 5.75 Å². The Morgan fingerprint density at radius 2 is 1.72 bits per heavy atom. The third kappa shape index (κ3) is 7.94. The largest absolute Gasteiger partial charge is 0.354 e. The van der Waals surface area contributed by atoms with Crippen molar-refractivity contribution in [1.29, 1.82) is 0 Å². The molecule has 2 aromatic carbocycles. The van der Waals surface area contributed by atoms with Gasteiger partial charge in [-0.3, -0.25) is 9.59 Å². The van der Waals surface area contributed by atoms with Gasteiger partial charge in [0, 0.05) is 18.8 Å². The van der Waals surface area contributed by atoms with Gasteiger partial charge in [-0.05, 0) is 37.8 Å². The van der Waals surface area contributed by atoms with Crippen LogP contribution in [0.4, 0.5) is 0 Å². The lowest BCUT2D eigenvalue weighted by atomic mass is 10.1. The predicted octanol–water partition coefficient (Wildman–Crippen LogP) is 4.21. The average molecular weight is 413 g/mol. The fourth-order valence-electron chi connectivity index (χ4n) is 2.99. The van der Waals surface area contributed by atoms with E-state index in [1.165, 1.54) is 16.7 Å². The van der Waals surface area contributed by atoms with Gasteiger partial charge >= 0.3 is 0 Å². The number of nitrogens with one attached hydrogen (secondary N) is 1. The van der Waals surface area contributed by atoms with E-state index < -0.39 is 6.04 Å². The Labute approximate surface area is 179 Å². The molecule has 0 heterocycles. The molecule has 0 unspecified atom stereocenters. The van der Waals surface area contributed by atoms with E-state index in [4.69, 9.17) is 0 Å². The molecule has 0 radical (unpaired) electrons. The molecule has 2 rings (SSSR count). The number of benzene rings is 2. The summed E-state index contributed by atoms with van der Waals surface area (Å²) in [6.07, 6.45) is 1.61. The van der Waals surface area contributed by atoms with Gasteiger partial charge in [-0.15, -0.1) is 11.8 Å². The molecular weight excluding hydrogens is 380 g/mol. The van der Waals surface area contributed by atoms with Gasteiger partial charge < -0.3 is 10.2 Å². The van der Waals surface area contributed by atoms with Crippen LogP contribution in [0.25, 0.3) is 0 Å². The van der Waals surface area contributed by atoms with Crippen molar-refractivity contribution in [1.82, 2.24) is 10.2 Å². The number of nitrogens with zero attached hydrogens (tertiary/aromatic N) is 1. The first-order chi connectivity index (χ1) is 14.0. The van der Waals surface area contributed by atoms with E-state index in [1.807, 2.05) is 32.0 Å². The Balaban J connectivity index is 1.96. The SMILES string of the molecule is CCCNC(=O)[C@@H](C)N(CCc1ccccc1)C(=O)CSCc1ccc(C)cc1. The number of amides is 2. The van der Waals surface area contributed by atoms with Gasteiger partial charge in [0.1, 0.15) is 6.04 Å². The van der Waals surface area contributed by atoms with Crippen LogP contribution in [0.1, 0.15) is 37.0 Å². The summed E-state index contributed by atoms with van der Waals surface area (Å²) >= 11 is 1.59. The first kappa shape index (κ1) is 23.0. The maximum atomic E-state index is 13.0. The highest BCUT2D eigenvalue weighted by atomic mass is 32.2. The molecule has 0 saturated heterocycles. The second-order valence-corrected chi connectivity index (χ2v) is 8.25. The third-order valence-electron chi connectivity index (χ3n) is 4.82. The highest BCUT2D eigenvalue weighted by molar-refractivity contribution is 7.99. The third-order valence-corrected chi connectivity index (χ3v) is 5.80. The lowest BCUT2D eigenvalue weighted by molar-refractivity contribution is -0.137. The highest BCUT2D eigenvalue weighted by Gasteiger charge is 2.25. The van der Waals surface area contributed by atoms with Crippen LogP contribution >= 0.6 is 11.8 Å². The van der Waals surface area contributed by atoms with Crippen LogP contribution < -0.4 is 5.32 Å². The van der Waals surface area contributed by atoms with E-state index in [1.54, 1.807) is 16.7 Å². The van der Waals surface area contributed by atoms with Gasteiger partial charge in [-0.25, -0.2) is 0 Å². The smallest absolute Gasteiger partial charge is 0.242 e. The first-order valence-corrected chi connectivity index (χ1v) is 11.4. The van der Waals surface area contributed by atoms with Crippen molar-refractivity contribution in [2.45, 2.75) is 45.4 Å². The summed E-state index contributed by atoms with van der Waals surface area (Å²) in [5.74, 6) is 1.08. The van der Waals surface area contributed by atoms with E-state index in [2.05, 4.69) is 48.6 Å². The second kappa shape index (κ2) is 12.3. The van der Waals surface area contributed by atoms with Gasteiger partial charge in [0.2, 0.25) is 11.8 Å². The van der Waals surface area contributed by atoms with Gasteiger partial charge in [-0.2, -0.15) is 0 Å². The van der Waals surface area contributed by atoms with Crippen LogP contribution in [0, 0.1) is 6.92 Å². The van der Waals surface area contributed by atoms with E-state index >= 15 is 0 Å². The number of thioether (sulfide) groups is 1. The van der Waals surface area contributed by atoms with Crippen molar-refractivity contribution in [3.05, 3.63) is 71.3 Å². The molecule has 0 bridgehead atoms. The van der Waals surface area contributed by atoms with Crippen molar-refractivity contribution in [2.24, 2.45) is 0 Å². The van der Waals surface area contributed by atoms with Crippen molar-refractivity contribution >= 4 is 23.6 Å². The molecule has 5 heteroatoms. The summed E-state index contributed by atoms with van der Waals surface area (Å²) in [7, 11) is 0. The highest BCUT2D eigenvalue weighted by Crippen LogP contribution is 2.15. The van der Waals surface area contributed by atoms with Crippen molar-refractivity contribution in [3.8, 4) is 0 Å². The van der Waals surface area contributed by atoms with Crippen LogP contribution in [0.15, 0.2) is 54.6 Å². The molecule has 4 nitrogen and oxygen atoms in total. The molecule has 0 aliphatic carbocycles. The van der Waals surface area contributed by atoms with E-state index in [-0.39, 0.29) is 11.8 Å². The van der Waals surface area contributed by atoms with Crippen LogP contribution in [0.5, 0.6) is 0 Å². The van der Waals surface area contributed by atoms with Crippen LogP contribution in [0.2, 0.25) is 0 Å². The summed E-state index contributed by atoms with van der Waals surface area (Å²) in [6.45, 7) is 7.07. The molecular formula is C24H32N2O2S. The maximum absolute atomic E-state index is 13.0. The Morgan fingerprint density at radius 1 is 1.03 bits per heavy atom. The summed E-state index contributed by atoms with van der Waals surface area (Å²) in [4.78, 5) is 27.2. The molecule has 2 amide bonds.